The van der Waals surface area contributed by atoms with Crippen LogP contribution in [-0.2, 0) is 22.4 Å². The molecule has 0 fully saturated rings. The first-order valence-corrected chi connectivity index (χ1v) is 10.5. The number of benzene rings is 2. The van der Waals surface area contributed by atoms with Crippen LogP contribution in [0.25, 0.3) is 0 Å². The molecule has 4 rings (SSSR count). The number of methoxy groups -OCH3 is 2. The maximum absolute atomic E-state index is 13.4. The molecule has 8 nitrogen and oxygen atoms in total. The van der Waals surface area contributed by atoms with Gasteiger partial charge in [0, 0.05) is 25.1 Å². The standard InChI is InChI=1S/C24H26N4O4/c1-31-18-10-8-17(9-11-18)22-21-19(25-15-26-21)12-13-28(22)24(30)27-20(23(29)32-2)14-16-6-4-3-5-7-16/h3-11,15,20,22H,12-14H2,1-2H3,(H,25,26)(H,27,30)/t20-,22+/m0/s1. The maximum atomic E-state index is 13.4. The van der Waals surface area contributed by atoms with Crippen LogP contribution < -0.4 is 10.1 Å². The number of aromatic amines is 1. The van der Waals surface area contributed by atoms with Crippen molar-refractivity contribution in [2.45, 2.75) is 24.9 Å². The molecule has 3 aromatic rings. The van der Waals surface area contributed by atoms with Crippen LogP contribution in [0.2, 0.25) is 0 Å². The molecular weight excluding hydrogens is 408 g/mol. The van der Waals surface area contributed by atoms with Gasteiger partial charge in [-0.3, -0.25) is 0 Å². The quantitative estimate of drug-likeness (QED) is 0.582. The largest absolute Gasteiger partial charge is 0.497 e. The first-order valence-electron chi connectivity index (χ1n) is 10.5. The fourth-order valence-electron chi connectivity index (χ4n) is 4.04. The monoisotopic (exact) mass is 434 g/mol. The van der Waals surface area contributed by atoms with E-state index >= 15 is 0 Å². The van der Waals surface area contributed by atoms with Crippen molar-refractivity contribution in [2.24, 2.45) is 0 Å². The first kappa shape index (κ1) is 21.4. The topological polar surface area (TPSA) is 96.6 Å². The average Bonchev–Trinajstić information content (AvgIpc) is 3.32. The molecular formula is C24H26N4O4. The highest BCUT2D eigenvalue weighted by molar-refractivity contribution is 5.84. The third kappa shape index (κ3) is 4.44. The Labute approximate surface area is 186 Å². The lowest BCUT2D eigenvalue weighted by Crippen LogP contribution is -2.52. The molecule has 8 heteroatoms. The van der Waals surface area contributed by atoms with Crippen molar-refractivity contribution in [2.75, 3.05) is 20.8 Å². The van der Waals surface area contributed by atoms with Gasteiger partial charge in [0.15, 0.2) is 0 Å². The third-order valence-corrected chi connectivity index (χ3v) is 5.68. The summed E-state index contributed by atoms with van der Waals surface area (Å²) in [7, 11) is 2.93. The molecule has 0 unspecified atom stereocenters. The molecule has 2 N–H and O–H groups in total. The number of hydrogen-bond acceptors (Lipinski definition) is 5. The predicted molar refractivity (Wildman–Crippen MR) is 118 cm³/mol. The normalized spacial score (nSPS) is 16.1. The number of ether oxygens (including phenoxy) is 2. The smallest absolute Gasteiger partial charge is 0.328 e. The molecule has 2 heterocycles. The molecule has 2 amide bonds. The summed E-state index contributed by atoms with van der Waals surface area (Å²) in [6.07, 6.45) is 2.64. The van der Waals surface area contributed by atoms with Crippen LogP contribution in [0.3, 0.4) is 0 Å². The lowest BCUT2D eigenvalue weighted by molar-refractivity contribution is -0.142. The molecule has 1 aliphatic heterocycles. The van der Waals surface area contributed by atoms with E-state index in [1.165, 1.54) is 7.11 Å². The molecule has 1 aliphatic rings. The molecule has 1 aromatic heterocycles. The van der Waals surface area contributed by atoms with Crippen LogP contribution in [0.15, 0.2) is 60.9 Å². The van der Waals surface area contributed by atoms with E-state index in [0.29, 0.717) is 19.4 Å². The van der Waals surface area contributed by atoms with Gasteiger partial charge in [-0.05, 0) is 23.3 Å². The molecule has 0 saturated heterocycles. The molecule has 0 radical (unpaired) electrons. The Kier molecular flexibility index (Phi) is 6.39. The zero-order chi connectivity index (χ0) is 22.5. The Morgan fingerprint density at radius 2 is 1.91 bits per heavy atom. The van der Waals surface area contributed by atoms with Crippen molar-refractivity contribution in [3.63, 3.8) is 0 Å². The highest BCUT2D eigenvalue weighted by Crippen LogP contribution is 2.34. The van der Waals surface area contributed by atoms with Gasteiger partial charge in [-0.15, -0.1) is 0 Å². The van der Waals surface area contributed by atoms with Crippen molar-refractivity contribution < 1.29 is 19.1 Å². The second kappa shape index (κ2) is 9.55. The lowest BCUT2D eigenvalue weighted by atomic mass is 9.96. The maximum Gasteiger partial charge on any atom is 0.328 e. The van der Waals surface area contributed by atoms with Crippen molar-refractivity contribution >= 4 is 12.0 Å². The van der Waals surface area contributed by atoms with E-state index in [9.17, 15) is 9.59 Å². The average molecular weight is 434 g/mol. The number of aromatic nitrogens is 2. The number of fused-ring (bicyclic) bond motifs is 1. The van der Waals surface area contributed by atoms with E-state index in [2.05, 4.69) is 15.3 Å². The van der Waals surface area contributed by atoms with Gasteiger partial charge in [0.2, 0.25) is 0 Å². The fourth-order valence-corrected chi connectivity index (χ4v) is 4.04. The Bertz CT molecular complexity index is 1070. The number of carbonyl (C=O) groups is 2. The van der Waals surface area contributed by atoms with E-state index in [1.54, 1.807) is 18.3 Å². The number of imidazole rings is 1. The summed E-state index contributed by atoms with van der Waals surface area (Å²) in [5.41, 5.74) is 3.65. The molecule has 32 heavy (non-hydrogen) atoms. The van der Waals surface area contributed by atoms with E-state index in [0.717, 1.165) is 28.3 Å². The summed E-state index contributed by atoms with van der Waals surface area (Å²) in [5, 5.41) is 2.88. The van der Waals surface area contributed by atoms with Gasteiger partial charge in [0.05, 0.1) is 26.2 Å². The Morgan fingerprint density at radius 3 is 2.59 bits per heavy atom. The van der Waals surface area contributed by atoms with Gasteiger partial charge in [-0.25, -0.2) is 14.6 Å². The van der Waals surface area contributed by atoms with E-state index in [1.807, 2.05) is 54.6 Å². The van der Waals surface area contributed by atoms with Gasteiger partial charge in [-0.2, -0.15) is 0 Å². The minimum Gasteiger partial charge on any atom is -0.497 e. The van der Waals surface area contributed by atoms with Crippen LogP contribution >= 0.6 is 0 Å². The molecule has 2 atom stereocenters. The van der Waals surface area contributed by atoms with Crippen LogP contribution in [-0.4, -0.2) is 53.7 Å². The number of carbonyl (C=O) groups excluding carboxylic acids is 2. The SMILES string of the molecule is COC(=O)[C@H](Cc1ccccc1)NC(=O)N1CCc2[nH]cnc2[C@H]1c1ccc(OC)cc1. The minimum atomic E-state index is -0.799. The van der Waals surface area contributed by atoms with Gasteiger partial charge >= 0.3 is 12.0 Å². The van der Waals surface area contributed by atoms with Gasteiger partial charge in [0.25, 0.3) is 0 Å². The van der Waals surface area contributed by atoms with Crippen LogP contribution in [0, 0.1) is 0 Å². The van der Waals surface area contributed by atoms with E-state index < -0.39 is 12.0 Å². The number of urea groups is 1. The Morgan fingerprint density at radius 1 is 1.16 bits per heavy atom. The van der Waals surface area contributed by atoms with Gasteiger partial charge in [-0.1, -0.05) is 42.5 Å². The Balaban J connectivity index is 1.60. The molecule has 2 aromatic carbocycles. The fraction of sp³-hybridized carbons (Fsp3) is 0.292. The number of esters is 1. The van der Waals surface area contributed by atoms with Crippen molar-refractivity contribution in [1.82, 2.24) is 20.2 Å². The molecule has 0 saturated carbocycles. The summed E-state index contributed by atoms with van der Waals surface area (Å²) < 4.78 is 10.2. The lowest BCUT2D eigenvalue weighted by Gasteiger charge is -2.36. The number of nitrogens with zero attached hydrogens (tertiary/aromatic N) is 2. The highest BCUT2D eigenvalue weighted by atomic mass is 16.5. The number of H-pyrrole nitrogens is 1. The van der Waals surface area contributed by atoms with Crippen LogP contribution in [0.4, 0.5) is 4.79 Å². The third-order valence-electron chi connectivity index (χ3n) is 5.68. The summed E-state index contributed by atoms with van der Waals surface area (Å²) >= 11 is 0. The summed E-state index contributed by atoms with van der Waals surface area (Å²) in [6, 6.07) is 15.6. The summed E-state index contributed by atoms with van der Waals surface area (Å²) in [5.74, 6) is 0.247. The summed E-state index contributed by atoms with van der Waals surface area (Å²) in [4.78, 5) is 35.2. The number of amides is 2. The zero-order valence-corrected chi connectivity index (χ0v) is 18.1. The van der Waals surface area contributed by atoms with Crippen LogP contribution in [0.1, 0.15) is 28.6 Å². The second-order valence-electron chi connectivity index (χ2n) is 7.60. The zero-order valence-electron chi connectivity index (χ0n) is 18.1. The van der Waals surface area contributed by atoms with E-state index in [-0.39, 0.29) is 12.1 Å². The highest BCUT2D eigenvalue weighted by Gasteiger charge is 2.35. The van der Waals surface area contributed by atoms with Gasteiger partial charge in [0.1, 0.15) is 17.8 Å². The van der Waals surface area contributed by atoms with Crippen molar-refractivity contribution in [3.05, 3.63) is 83.4 Å². The van der Waals surface area contributed by atoms with Gasteiger partial charge < -0.3 is 24.7 Å². The van der Waals surface area contributed by atoms with Crippen molar-refractivity contribution in [1.29, 1.82) is 0 Å². The number of rotatable bonds is 6. The minimum absolute atomic E-state index is 0.341. The first-order chi connectivity index (χ1) is 15.6. The number of hydrogen-bond donors (Lipinski definition) is 2. The predicted octanol–water partition coefficient (Wildman–Crippen LogP) is 2.86. The molecule has 166 valence electrons. The Hall–Kier alpha value is -3.81. The molecule has 0 spiro atoms. The summed E-state index contributed by atoms with van der Waals surface area (Å²) in [6.45, 7) is 0.483. The molecule has 0 bridgehead atoms. The molecule has 0 aliphatic carbocycles. The van der Waals surface area contributed by atoms with Crippen LogP contribution in [0.5, 0.6) is 5.75 Å². The van der Waals surface area contributed by atoms with Crippen molar-refractivity contribution in [3.8, 4) is 5.75 Å². The van der Waals surface area contributed by atoms with E-state index in [4.69, 9.17) is 9.47 Å². The second-order valence-corrected chi connectivity index (χ2v) is 7.60. The number of nitrogens with one attached hydrogen (secondary N) is 2.